The molecule has 3 aromatic rings. The number of carbonyl (C=O) groups is 2. The summed E-state index contributed by atoms with van der Waals surface area (Å²) in [6, 6.07) is 22.9. The summed E-state index contributed by atoms with van der Waals surface area (Å²) in [5, 5.41) is 2.73. The third kappa shape index (κ3) is 6.94. The molecular weight excluding hydrogens is 492 g/mol. The van der Waals surface area contributed by atoms with E-state index in [1.54, 1.807) is 11.9 Å². The average Bonchev–Trinajstić information content (AvgIpc) is 2.85. The van der Waals surface area contributed by atoms with Gasteiger partial charge in [-0.3, -0.25) is 9.59 Å². The van der Waals surface area contributed by atoms with Crippen LogP contribution in [0, 0.1) is 6.92 Å². The monoisotopic (exact) mass is 522 g/mol. The molecule has 5 nitrogen and oxygen atoms in total. The first-order valence-electron chi connectivity index (χ1n) is 11.4. The number of hydrogen-bond donors (Lipinski definition) is 1. The summed E-state index contributed by atoms with van der Waals surface area (Å²) < 4.78 is 6.69. The molecule has 3 rings (SSSR count). The number of halogens is 1. The lowest BCUT2D eigenvalue weighted by Crippen LogP contribution is -2.51. The van der Waals surface area contributed by atoms with E-state index in [0.717, 1.165) is 27.6 Å². The molecule has 0 bridgehead atoms. The van der Waals surface area contributed by atoms with Crippen molar-refractivity contribution in [2.24, 2.45) is 0 Å². The summed E-state index contributed by atoms with van der Waals surface area (Å²) in [7, 11) is 1.60. The molecule has 0 heterocycles. The Bertz CT molecular complexity index is 1120. The number of benzene rings is 3. The normalized spacial score (nSPS) is 11.5. The maximum absolute atomic E-state index is 13.5. The van der Waals surface area contributed by atoms with Crippen molar-refractivity contribution in [2.45, 2.75) is 39.3 Å². The second-order valence-electron chi connectivity index (χ2n) is 8.24. The minimum atomic E-state index is -0.671. The average molecular weight is 523 g/mol. The van der Waals surface area contributed by atoms with Crippen LogP contribution in [0.4, 0.5) is 0 Å². The Hall–Kier alpha value is -3.12. The summed E-state index contributed by atoms with van der Waals surface area (Å²) in [4.78, 5) is 28.1. The predicted molar refractivity (Wildman–Crippen MR) is 139 cm³/mol. The van der Waals surface area contributed by atoms with Crippen molar-refractivity contribution in [3.63, 3.8) is 0 Å². The zero-order chi connectivity index (χ0) is 24.5. The van der Waals surface area contributed by atoms with Crippen LogP contribution in [-0.2, 0) is 29.0 Å². The van der Waals surface area contributed by atoms with Crippen LogP contribution in [0.25, 0.3) is 0 Å². The number of ether oxygens (including phenoxy) is 1. The van der Waals surface area contributed by atoms with Crippen molar-refractivity contribution in [3.05, 3.63) is 99.5 Å². The SMILES string of the molecule is CCc1ccc(OCC(=O)N(Cc2cccc(C)c2)[C@H](Cc2ccccc2)C(=O)NC)c(Br)c1. The summed E-state index contributed by atoms with van der Waals surface area (Å²) in [5.74, 6) is 0.136. The van der Waals surface area contributed by atoms with E-state index >= 15 is 0 Å². The zero-order valence-electron chi connectivity index (χ0n) is 19.9. The molecular formula is C28H31BrN2O3. The van der Waals surface area contributed by atoms with Crippen LogP contribution in [0.1, 0.15) is 29.2 Å². The zero-order valence-corrected chi connectivity index (χ0v) is 21.5. The van der Waals surface area contributed by atoms with Crippen molar-refractivity contribution in [1.82, 2.24) is 10.2 Å². The quantitative estimate of drug-likeness (QED) is 0.403. The van der Waals surface area contributed by atoms with Crippen LogP contribution < -0.4 is 10.1 Å². The Kier molecular flexibility index (Phi) is 9.28. The summed E-state index contributed by atoms with van der Waals surface area (Å²) in [6.07, 6.45) is 1.32. The molecule has 1 N–H and O–H groups in total. The van der Waals surface area contributed by atoms with Crippen molar-refractivity contribution < 1.29 is 14.3 Å². The fourth-order valence-corrected chi connectivity index (χ4v) is 4.37. The van der Waals surface area contributed by atoms with E-state index < -0.39 is 6.04 Å². The predicted octanol–water partition coefficient (Wildman–Crippen LogP) is 5.08. The van der Waals surface area contributed by atoms with Crippen molar-refractivity contribution in [1.29, 1.82) is 0 Å². The standard InChI is InChI=1S/C28H31BrN2O3/c1-4-21-13-14-26(24(29)16-21)34-19-27(32)31(18-23-12-8-9-20(2)15-23)25(28(33)30-3)17-22-10-6-5-7-11-22/h5-16,25H,4,17-19H2,1-3H3,(H,30,33)/t25-/m1/s1. The first kappa shape index (κ1) is 25.5. The molecule has 2 amide bonds. The molecule has 0 spiro atoms. The van der Waals surface area contributed by atoms with Crippen LogP contribution in [0.3, 0.4) is 0 Å². The highest BCUT2D eigenvalue weighted by molar-refractivity contribution is 9.10. The molecule has 0 radical (unpaired) electrons. The van der Waals surface area contributed by atoms with Gasteiger partial charge in [0.25, 0.3) is 5.91 Å². The van der Waals surface area contributed by atoms with Gasteiger partial charge < -0.3 is 15.0 Å². The largest absolute Gasteiger partial charge is 0.483 e. The molecule has 0 saturated carbocycles. The first-order valence-corrected chi connectivity index (χ1v) is 12.2. The summed E-state index contributed by atoms with van der Waals surface area (Å²) >= 11 is 3.53. The van der Waals surface area contributed by atoms with Crippen molar-refractivity contribution >= 4 is 27.7 Å². The van der Waals surface area contributed by atoms with E-state index in [0.29, 0.717) is 18.7 Å². The van der Waals surface area contributed by atoms with Gasteiger partial charge in [-0.2, -0.15) is 0 Å². The molecule has 0 aliphatic heterocycles. The van der Waals surface area contributed by atoms with Gasteiger partial charge in [-0.1, -0.05) is 73.2 Å². The van der Waals surface area contributed by atoms with E-state index in [-0.39, 0.29) is 18.4 Å². The third-order valence-electron chi connectivity index (χ3n) is 5.71. The van der Waals surface area contributed by atoms with E-state index in [1.807, 2.05) is 79.7 Å². The molecule has 6 heteroatoms. The van der Waals surface area contributed by atoms with Gasteiger partial charge in [-0.25, -0.2) is 0 Å². The molecule has 0 saturated heterocycles. The first-order chi connectivity index (χ1) is 16.4. The number of amides is 2. The molecule has 0 aliphatic rings. The molecule has 1 atom stereocenters. The second-order valence-corrected chi connectivity index (χ2v) is 9.09. The Labute approximate surface area is 210 Å². The lowest BCUT2D eigenvalue weighted by Gasteiger charge is -2.31. The summed E-state index contributed by atoms with van der Waals surface area (Å²) in [6.45, 7) is 4.24. The number of nitrogens with zero attached hydrogens (tertiary/aromatic N) is 1. The van der Waals surface area contributed by atoms with Crippen LogP contribution in [0.2, 0.25) is 0 Å². The Balaban J connectivity index is 1.87. The molecule has 0 aliphatic carbocycles. The smallest absolute Gasteiger partial charge is 0.261 e. The maximum atomic E-state index is 13.5. The molecule has 3 aromatic carbocycles. The van der Waals surface area contributed by atoms with Gasteiger partial charge in [-0.05, 0) is 58.1 Å². The molecule has 178 valence electrons. The number of likely N-dealkylation sites (N-methyl/N-ethyl adjacent to an activating group) is 1. The lowest BCUT2D eigenvalue weighted by atomic mass is 10.0. The minimum Gasteiger partial charge on any atom is -0.483 e. The van der Waals surface area contributed by atoms with E-state index in [1.165, 1.54) is 5.56 Å². The molecule has 0 aromatic heterocycles. The number of hydrogen-bond acceptors (Lipinski definition) is 3. The molecule has 0 unspecified atom stereocenters. The number of carbonyl (C=O) groups excluding carboxylic acids is 2. The molecule has 34 heavy (non-hydrogen) atoms. The highest BCUT2D eigenvalue weighted by atomic mass is 79.9. The van der Waals surface area contributed by atoms with Crippen LogP contribution in [0.5, 0.6) is 5.75 Å². The van der Waals surface area contributed by atoms with Gasteiger partial charge in [0.05, 0.1) is 4.47 Å². The number of aryl methyl sites for hydroxylation is 2. The highest BCUT2D eigenvalue weighted by Gasteiger charge is 2.30. The van der Waals surface area contributed by atoms with Gasteiger partial charge >= 0.3 is 0 Å². The van der Waals surface area contributed by atoms with Gasteiger partial charge in [0.2, 0.25) is 5.91 Å². The van der Waals surface area contributed by atoms with Gasteiger partial charge in [0.1, 0.15) is 11.8 Å². The summed E-state index contributed by atoms with van der Waals surface area (Å²) in [5.41, 5.74) is 4.22. The van der Waals surface area contributed by atoms with Crippen LogP contribution in [-0.4, -0.2) is 36.4 Å². The van der Waals surface area contributed by atoms with Crippen LogP contribution in [0.15, 0.2) is 77.3 Å². The van der Waals surface area contributed by atoms with E-state index in [9.17, 15) is 9.59 Å². The van der Waals surface area contributed by atoms with Crippen LogP contribution >= 0.6 is 15.9 Å². The Morgan fingerprint density at radius 1 is 0.971 bits per heavy atom. The third-order valence-corrected chi connectivity index (χ3v) is 6.33. The lowest BCUT2D eigenvalue weighted by molar-refractivity contribution is -0.142. The van der Waals surface area contributed by atoms with Crippen molar-refractivity contribution in [2.75, 3.05) is 13.7 Å². The highest BCUT2D eigenvalue weighted by Crippen LogP contribution is 2.26. The fraction of sp³-hybridized carbons (Fsp3) is 0.286. The fourth-order valence-electron chi connectivity index (χ4n) is 3.83. The Morgan fingerprint density at radius 2 is 1.71 bits per heavy atom. The van der Waals surface area contributed by atoms with Gasteiger partial charge in [-0.15, -0.1) is 0 Å². The topological polar surface area (TPSA) is 58.6 Å². The van der Waals surface area contributed by atoms with Gasteiger partial charge in [0, 0.05) is 20.0 Å². The van der Waals surface area contributed by atoms with Crippen molar-refractivity contribution in [3.8, 4) is 5.75 Å². The van der Waals surface area contributed by atoms with E-state index in [4.69, 9.17) is 4.74 Å². The number of rotatable bonds is 10. The second kappa shape index (κ2) is 12.4. The number of nitrogens with one attached hydrogen (secondary N) is 1. The van der Waals surface area contributed by atoms with Gasteiger partial charge in [0.15, 0.2) is 6.61 Å². The van der Waals surface area contributed by atoms with E-state index in [2.05, 4.69) is 28.2 Å². The molecule has 0 fully saturated rings. The Morgan fingerprint density at radius 3 is 2.35 bits per heavy atom. The minimum absolute atomic E-state index is 0.168. The maximum Gasteiger partial charge on any atom is 0.261 e.